The van der Waals surface area contributed by atoms with Gasteiger partial charge in [0, 0.05) is 17.6 Å². The lowest BCUT2D eigenvalue weighted by molar-refractivity contribution is -0.137. The molecule has 35 heavy (non-hydrogen) atoms. The molecule has 0 spiro atoms. The lowest BCUT2D eigenvalue weighted by Gasteiger charge is -2.23. The first-order chi connectivity index (χ1) is 16.8. The third kappa shape index (κ3) is 6.65. The van der Waals surface area contributed by atoms with E-state index in [0.717, 1.165) is 36.8 Å². The monoisotopic (exact) mass is 484 g/mol. The average Bonchev–Trinajstić information content (AvgIpc) is 2.85. The molecule has 1 aromatic heterocycles. The van der Waals surface area contributed by atoms with Crippen molar-refractivity contribution in [3.05, 3.63) is 65.9 Å². The number of benzene rings is 2. The van der Waals surface area contributed by atoms with E-state index in [1.54, 1.807) is 24.3 Å². The summed E-state index contributed by atoms with van der Waals surface area (Å²) in [6.07, 6.45) is 3.21. The molecule has 0 radical (unpaired) electrons. The number of nitrogens with zero attached hydrogens (tertiary/aromatic N) is 2. The molecule has 0 amide bonds. The van der Waals surface area contributed by atoms with Gasteiger partial charge in [0.05, 0.1) is 6.10 Å². The van der Waals surface area contributed by atoms with Crippen LogP contribution in [-0.4, -0.2) is 16.1 Å². The molecule has 4 rings (SSSR count). The summed E-state index contributed by atoms with van der Waals surface area (Å²) in [5.74, 6) is 0.921. The summed E-state index contributed by atoms with van der Waals surface area (Å²) < 4.78 is 46.9. The Hall–Kier alpha value is -3.29. The van der Waals surface area contributed by atoms with Crippen molar-refractivity contribution in [3.8, 4) is 5.75 Å². The lowest BCUT2D eigenvalue weighted by Crippen LogP contribution is -2.19. The standard InChI is InChI=1S/C27H31F3N4O/c1-3-18(2)19-9-11-20(12-10-19)32-25-24(27(28,29)30)17-31-26(34-25)33-21-13-15-23(16-14-21)35-22-7-5-4-6-8-22/h9-18,22H,3-8H2,1-2H3,(H2,31,32,33,34). The molecule has 1 unspecified atom stereocenters. The highest BCUT2D eigenvalue weighted by Gasteiger charge is 2.35. The van der Waals surface area contributed by atoms with Crippen LogP contribution >= 0.6 is 0 Å². The zero-order valence-electron chi connectivity index (χ0n) is 20.0. The third-order valence-electron chi connectivity index (χ3n) is 6.41. The van der Waals surface area contributed by atoms with Crippen LogP contribution in [0.2, 0.25) is 0 Å². The minimum Gasteiger partial charge on any atom is -0.490 e. The Morgan fingerprint density at radius 3 is 2.20 bits per heavy atom. The molecule has 0 saturated heterocycles. The van der Waals surface area contributed by atoms with Gasteiger partial charge in [-0.25, -0.2) is 4.98 Å². The van der Waals surface area contributed by atoms with E-state index in [1.165, 1.54) is 19.3 Å². The molecule has 1 heterocycles. The maximum Gasteiger partial charge on any atom is 0.421 e. The Balaban J connectivity index is 1.49. The number of halogens is 3. The van der Waals surface area contributed by atoms with Gasteiger partial charge in [0.25, 0.3) is 0 Å². The van der Waals surface area contributed by atoms with Crippen LogP contribution in [0, 0.1) is 0 Å². The fraction of sp³-hybridized carbons (Fsp3) is 0.407. The highest BCUT2D eigenvalue weighted by Crippen LogP contribution is 2.35. The van der Waals surface area contributed by atoms with Crippen LogP contribution in [0.1, 0.15) is 69.4 Å². The maximum absolute atomic E-state index is 13.6. The first-order valence-electron chi connectivity index (χ1n) is 12.2. The zero-order chi connectivity index (χ0) is 24.8. The normalized spacial score (nSPS) is 15.5. The van der Waals surface area contributed by atoms with Crippen LogP contribution in [0.5, 0.6) is 5.75 Å². The second-order valence-corrected chi connectivity index (χ2v) is 9.04. The van der Waals surface area contributed by atoms with Crippen molar-refractivity contribution >= 4 is 23.1 Å². The van der Waals surface area contributed by atoms with E-state index in [2.05, 4.69) is 34.4 Å². The first kappa shape index (κ1) is 24.8. The molecule has 2 N–H and O–H groups in total. The van der Waals surface area contributed by atoms with Gasteiger partial charge in [0.15, 0.2) is 0 Å². The van der Waals surface area contributed by atoms with Gasteiger partial charge in [-0.2, -0.15) is 18.2 Å². The van der Waals surface area contributed by atoms with Gasteiger partial charge < -0.3 is 15.4 Å². The lowest BCUT2D eigenvalue weighted by atomic mass is 9.98. The molecule has 3 aromatic rings. The summed E-state index contributed by atoms with van der Waals surface area (Å²) in [4.78, 5) is 8.03. The third-order valence-corrected chi connectivity index (χ3v) is 6.41. The van der Waals surface area contributed by atoms with Crippen LogP contribution in [0.25, 0.3) is 0 Å². The van der Waals surface area contributed by atoms with Crippen molar-refractivity contribution in [2.75, 3.05) is 10.6 Å². The highest BCUT2D eigenvalue weighted by molar-refractivity contribution is 5.63. The highest BCUT2D eigenvalue weighted by atomic mass is 19.4. The van der Waals surface area contributed by atoms with Crippen LogP contribution < -0.4 is 15.4 Å². The Bertz CT molecular complexity index is 1090. The summed E-state index contributed by atoms with van der Waals surface area (Å²) >= 11 is 0. The smallest absolute Gasteiger partial charge is 0.421 e. The van der Waals surface area contributed by atoms with Crippen molar-refractivity contribution in [2.45, 2.75) is 70.6 Å². The Labute approximate surface area is 204 Å². The largest absolute Gasteiger partial charge is 0.490 e. The molecule has 0 aliphatic heterocycles. The topological polar surface area (TPSA) is 59.1 Å². The van der Waals surface area contributed by atoms with Crippen molar-refractivity contribution < 1.29 is 17.9 Å². The summed E-state index contributed by atoms with van der Waals surface area (Å²) in [6, 6.07) is 14.7. The van der Waals surface area contributed by atoms with Gasteiger partial charge in [-0.15, -0.1) is 0 Å². The van der Waals surface area contributed by atoms with E-state index in [1.807, 2.05) is 24.3 Å². The van der Waals surface area contributed by atoms with Gasteiger partial charge in [-0.1, -0.05) is 32.4 Å². The van der Waals surface area contributed by atoms with E-state index < -0.39 is 11.7 Å². The summed E-state index contributed by atoms with van der Waals surface area (Å²) in [7, 11) is 0. The molecule has 8 heteroatoms. The molecule has 0 bridgehead atoms. The fourth-order valence-corrected chi connectivity index (χ4v) is 4.13. The molecular weight excluding hydrogens is 453 g/mol. The first-order valence-corrected chi connectivity index (χ1v) is 12.2. The quantitative estimate of drug-likeness (QED) is 0.337. The Morgan fingerprint density at radius 1 is 0.943 bits per heavy atom. The maximum atomic E-state index is 13.6. The number of aromatic nitrogens is 2. The van der Waals surface area contributed by atoms with Crippen LogP contribution in [0.15, 0.2) is 54.7 Å². The van der Waals surface area contributed by atoms with E-state index in [4.69, 9.17) is 4.74 Å². The second kappa shape index (κ2) is 11.0. The summed E-state index contributed by atoms with van der Waals surface area (Å²) in [6.45, 7) is 4.21. The predicted molar refractivity (Wildman–Crippen MR) is 133 cm³/mol. The number of hydrogen-bond donors (Lipinski definition) is 2. The molecule has 1 aliphatic rings. The van der Waals surface area contributed by atoms with Gasteiger partial charge in [0.1, 0.15) is 17.1 Å². The van der Waals surface area contributed by atoms with Gasteiger partial charge >= 0.3 is 6.18 Å². The van der Waals surface area contributed by atoms with E-state index in [9.17, 15) is 13.2 Å². The molecular formula is C27H31F3N4O. The fourth-order valence-electron chi connectivity index (χ4n) is 4.13. The van der Waals surface area contributed by atoms with Crippen LogP contribution in [0.3, 0.4) is 0 Å². The molecule has 1 atom stereocenters. The van der Waals surface area contributed by atoms with E-state index in [-0.39, 0.29) is 17.9 Å². The molecule has 186 valence electrons. The van der Waals surface area contributed by atoms with E-state index >= 15 is 0 Å². The average molecular weight is 485 g/mol. The molecule has 5 nitrogen and oxygen atoms in total. The molecule has 1 saturated carbocycles. The molecule has 1 fully saturated rings. The number of anilines is 4. The van der Waals surface area contributed by atoms with Gasteiger partial charge in [-0.05, 0) is 80.0 Å². The minimum atomic E-state index is -4.59. The van der Waals surface area contributed by atoms with E-state index in [0.29, 0.717) is 17.3 Å². The van der Waals surface area contributed by atoms with Crippen molar-refractivity contribution in [1.29, 1.82) is 0 Å². The number of nitrogens with one attached hydrogen (secondary N) is 2. The van der Waals surface area contributed by atoms with Crippen LogP contribution in [0.4, 0.5) is 36.3 Å². The second-order valence-electron chi connectivity index (χ2n) is 9.04. The number of ether oxygens (including phenoxy) is 1. The van der Waals surface area contributed by atoms with Gasteiger partial charge in [0.2, 0.25) is 5.95 Å². The number of alkyl halides is 3. The SMILES string of the molecule is CCC(C)c1ccc(Nc2nc(Nc3ccc(OC4CCCCC4)cc3)ncc2C(F)(F)F)cc1. The Kier molecular flexibility index (Phi) is 7.78. The summed E-state index contributed by atoms with van der Waals surface area (Å²) in [5, 5.41) is 5.80. The number of rotatable bonds is 8. The van der Waals surface area contributed by atoms with Crippen molar-refractivity contribution in [2.24, 2.45) is 0 Å². The predicted octanol–water partition coefficient (Wildman–Crippen LogP) is 8.21. The van der Waals surface area contributed by atoms with Crippen molar-refractivity contribution in [3.63, 3.8) is 0 Å². The van der Waals surface area contributed by atoms with Crippen molar-refractivity contribution in [1.82, 2.24) is 9.97 Å². The molecule has 2 aromatic carbocycles. The van der Waals surface area contributed by atoms with Crippen LogP contribution in [-0.2, 0) is 6.18 Å². The number of hydrogen-bond acceptors (Lipinski definition) is 5. The van der Waals surface area contributed by atoms with Gasteiger partial charge in [-0.3, -0.25) is 0 Å². The zero-order valence-corrected chi connectivity index (χ0v) is 20.0. The molecule has 1 aliphatic carbocycles. The Morgan fingerprint density at radius 2 is 1.57 bits per heavy atom. The summed E-state index contributed by atoms with van der Waals surface area (Å²) in [5.41, 5.74) is 1.39. The minimum absolute atomic E-state index is 0.0673.